The number of piperidine rings is 1. The van der Waals surface area contributed by atoms with Crippen LogP contribution in [0.3, 0.4) is 0 Å². The number of hydrogen-bond acceptors (Lipinski definition) is 6. The molecule has 3 heterocycles. The van der Waals surface area contributed by atoms with E-state index in [1.54, 1.807) is 18.3 Å². The molecule has 0 aliphatic carbocycles. The smallest absolute Gasteiger partial charge is 0.395 e. The Morgan fingerprint density at radius 1 is 1.22 bits per heavy atom. The summed E-state index contributed by atoms with van der Waals surface area (Å²) in [6.07, 6.45) is -0.310. The number of Topliss-reactive ketones (excluding diaryl/α,β-unsaturated/α-hetero) is 1. The Labute approximate surface area is 185 Å². The molecule has 1 fully saturated rings. The second-order valence-corrected chi connectivity index (χ2v) is 8.26. The topological polar surface area (TPSA) is 78.4 Å². The van der Waals surface area contributed by atoms with Crippen molar-refractivity contribution in [1.82, 2.24) is 9.97 Å². The maximum absolute atomic E-state index is 13.2. The highest BCUT2D eigenvalue weighted by Gasteiger charge is 2.34. The zero-order chi connectivity index (χ0) is 23.1. The molecule has 1 aliphatic rings. The van der Waals surface area contributed by atoms with E-state index in [4.69, 9.17) is 5.11 Å². The van der Waals surface area contributed by atoms with Gasteiger partial charge in [-0.15, -0.1) is 0 Å². The fourth-order valence-electron chi connectivity index (χ4n) is 3.73. The highest BCUT2D eigenvalue weighted by Crippen LogP contribution is 2.32. The van der Waals surface area contributed by atoms with E-state index in [0.29, 0.717) is 49.2 Å². The number of halogens is 3. The van der Waals surface area contributed by atoms with Crippen molar-refractivity contribution in [1.29, 1.82) is 0 Å². The summed E-state index contributed by atoms with van der Waals surface area (Å²) in [6.45, 7) is 3.86. The molecular weight excluding hydrogens is 421 g/mol. The number of anilines is 2. The first-order valence-electron chi connectivity index (χ1n) is 10.9. The number of aliphatic hydroxyl groups excluding tert-OH is 1. The van der Waals surface area contributed by atoms with Crippen molar-refractivity contribution < 1.29 is 23.1 Å². The number of nitrogens with zero attached hydrogens (tertiary/aromatic N) is 3. The summed E-state index contributed by atoms with van der Waals surface area (Å²) in [4.78, 5) is 22.6. The minimum Gasteiger partial charge on any atom is -0.395 e. The van der Waals surface area contributed by atoms with Crippen LogP contribution < -0.4 is 10.2 Å². The van der Waals surface area contributed by atoms with E-state index in [-0.39, 0.29) is 25.2 Å². The van der Waals surface area contributed by atoms with Gasteiger partial charge in [-0.25, -0.2) is 9.97 Å². The van der Waals surface area contributed by atoms with Crippen LogP contribution in [-0.2, 0) is 23.8 Å². The van der Waals surface area contributed by atoms with Gasteiger partial charge in [-0.2, -0.15) is 13.2 Å². The Hall–Kier alpha value is -2.68. The average molecular weight is 451 g/mol. The number of carbonyl (C=O) groups is 1. The Balaban J connectivity index is 1.66. The first-order chi connectivity index (χ1) is 15.3. The van der Waals surface area contributed by atoms with E-state index in [9.17, 15) is 18.0 Å². The summed E-state index contributed by atoms with van der Waals surface area (Å²) < 4.78 is 39.7. The number of ketones is 1. The fraction of sp³-hybridized carbons (Fsp3) is 0.522. The van der Waals surface area contributed by atoms with Crippen molar-refractivity contribution in [2.75, 3.05) is 36.5 Å². The Morgan fingerprint density at radius 2 is 1.97 bits per heavy atom. The molecule has 0 amide bonds. The number of carbonyl (C=O) groups excluding carboxylic acids is 1. The van der Waals surface area contributed by atoms with Crippen molar-refractivity contribution in [3.05, 3.63) is 47.3 Å². The second-order valence-electron chi connectivity index (χ2n) is 8.26. The van der Waals surface area contributed by atoms with Gasteiger partial charge in [0.25, 0.3) is 0 Å². The van der Waals surface area contributed by atoms with E-state index in [1.807, 2.05) is 4.90 Å². The zero-order valence-electron chi connectivity index (χ0n) is 18.2. The predicted molar refractivity (Wildman–Crippen MR) is 117 cm³/mol. The lowest BCUT2D eigenvalue weighted by Gasteiger charge is -2.33. The lowest BCUT2D eigenvalue weighted by molar-refractivity contribution is -0.141. The number of aromatic nitrogens is 2. The van der Waals surface area contributed by atoms with Crippen LogP contribution in [0.25, 0.3) is 0 Å². The van der Waals surface area contributed by atoms with Gasteiger partial charge in [-0.1, -0.05) is 19.1 Å². The third kappa shape index (κ3) is 6.66. The van der Waals surface area contributed by atoms with Crippen molar-refractivity contribution in [2.45, 2.75) is 45.2 Å². The molecule has 0 atom stereocenters. The van der Waals surface area contributed by atoms with Gasteiger partial charge < -0.3 is 15.3 Å². The normalized spacial score (nSPS) is 15.1. The summed E-state index contributed by atoms with van der Waals surface area (Å²) in [7, 11) is 0. The summed E-state index contributed by atoms with van der Waals surface area (Å²) >= 11 is 0. The molecule has 2 aromatic heterocycles. The van der Waals surface area contributed by atoms with Crippen LogP contribution in [0.2, 0.25) is 0 Å². The van der Waals surface area contributed by atoms with Crippen molar-refractivity contribution in [2.24, 2.45) is 5.92 Å². The average Bonchev–Trinajstić information content (AvgIpc) is 2.77. The summed E-state index contributed by atoms with van der Waals surface area (Å²) in [5, 5.41) is 11.8. The van der Waals surface area contributed by atoms with E-state index in [2.05, 4.69) is 22.2 Å². The molecule has 6 nitrogen and oxygen atoms in total. The van der Waals surface area contributed by atoms with Crippen LogP contribution in [0.4, 0.5) is 24.8 Å². The molecule has 32 heavy (non-hydrogen) atoms. The molecule has 0 spiro atoms. The summed E-state index contributed by atoms with van der Waals surface area (Å²) in [5.41, 5.74) is 0.532. The third-order valence-electron chi connectivity index (χ3n) is 5.65. The quantitative estimate of drug-likeness (QED) is 0.604. The number of aliphatic hydroxyl groups is 1. The summed E-state index contributed by atoms with van der Waals surface area (Å²) in [6, 6.07) is 6.00. The van der Waals surface area contributed by atoms with Crippen LogP contribution in [0, 0.1) is 5.92 Å². The first-order valence-corrected chi connectivity index (χ1v) is 10.9. The lowest BCUT2D eigenvalue weighted by Crippen LogP contribution is -2.34. The minimum atomic E-state index is -4.50. The van der Waals surface area contributed by atoms with E-state index in [0.717, 1.165) is 24.5 Å². The number of nitrogens with one attached hydrogen (secondary N) is 1. The van der Waals surface area contributed by atoms with Crippen LogP contribution in [0.1, 0.15) is 43.0 Å². The highest BCUT2D eigenvalue weighted by molar-refractivity contribution is 5.81. The SMILES string of the molecule is CC1CCN(c2nc(C(F)(F)F)ccc2CCC(=O)Cc2ccc(NCCO)nc2)CC1. The van der Waals surface area contributed by atoms with Crippen molar-refractivity contribution in [3.63, 3.8) is 0 Å². The molecule has 0 bridgehead atoms. The maximum atomic E-state index is 13.2. The predicted octanol–water partition coefficient (Wildman–Crippen LogP) is 3.88. The van der Waals surface area contributed by atoms with E-state index >= 15 is 0 Å². The highest BCUT2D eigenvalue weighted by atomic mass is 19.4. The molecule has 1 saturated heterocycles. The molecule has 174 valence electrons. The number of pyridine rings is 2. The fourth-order valence-corrected chi connectivity index (χ4v) is 3.73. The van der Waals surface area contributed by atoms with Gasteiger partial charge in [0.15, 0.2) is 0 Å². The largest absolute Gasteiger partial charge is 0.433 e. The molecule has 0 aromatic carbocycles. The van der Waals surface area contributed by atoms with Crippen LogP contribution in [-0.4, -0.2) is 47.1 Å². The van der Waals surface area contributed by atoms with Gasteiger partial charge in [-0.05, 0) is 48.4 Å². The van der Waals surface area contributed by atoms with Gasteiger partial charge in [0.1, 0.15) is 23.1 Å². The Morgan fingerprint density at radius 3 is 2.59 bits per heavy atom. The zero-order valence-corrected chi connectivity index (χ0v) is 18.2. The Bertz CT molecular complexity index is 895. The standard InChI is InChI=1S/C23H29F3N4O2/c1-16-8-11-30(12-9-16)22-18(4-6-20(29-22)23(24,25)26)3-5-19(32)14-17-2-7-21(28-15-17)27-10-13-31/h2,4,6-7,15-16,31H,3,5,8-14H2,1H3,(H,27,28). The maximum Gasteiger partial charge on any atom is 0.433 e. The molecular formula is C23H29F3N4O2. The molecule has 0 unspecified atom stereocenters. The van der Waals surface area contributed by atoms with Gasteiger partial charge in [0, 0.05) is 38.7 Å². The van der Waals surface area contributed by atoms with Gasteiger partial charge >= 0.3 is 6.18 Å². The van der Waals surface area contributed by atoms with Gasteiger partial charge in [0.05, 0.1) is 6.61 Å². The van der Waals surface area contributed by atoms with Gasteiger partial charge in [-0.3, -0.25) is 4.79 Å². The van der Waals surface area contributed by atoms with E-state index < -0.39 is 11.9 Å². The molecule has 0 saturated carbocycles. The number of hydrogen-bond donors (Lipinski definition) is 2. The molecule has 1 aliphatic heterocycles. The molecule has 9 heteroatoms. The van der Waals surface area contributed by atoms with Crippen LogP contribution in [0.15, 0.2) is 30.5 Å². The molecule has 2 aromatic rings. The number of aryl methyl sites for hydroxylation is 1. The lowest BCUT2D eigenvalue weighted by atomic mass is 9.98. The summed E-state index contributed by atoms with van der Waals surface area (Å²) in [5.74, 6) is 1.49. The minimum absolute atomic E-state index is 0.000827. The Kier molecular flexibility index (Phi) is 8.06. The molecule has 3 rings (SSSR count). The van der Waals surface area contributed by atoms with Gasteiger partial charge in [0.2, 0.25) is 0 Å². The first kappa shape index (κ1) is 24.0. The molecule has 0 radical (unpaired) electrons. The third-order valence-corrected chi connectivity index (χ3v) is 5.65. The number of alkyl halides is 3. The number of rotatable bonds is 9. The molecule has 2 N–H and O–H groups in total. The van der Waals surface area contributed by atoms with Crippen LogP contribution in [0.5, 0.6) is 0 Å². The second kappa shape index (κ2) is 10.8. The van der Waals surface area contributed by atoms with E-state index in [1.165, 1.54) is 6.07 Å². The van der Waals surface area contributed by atoms with Crippen molar-refractivity contribution >= 4 is 17.4 Å². The monoisotopic (exact) mass is 450 g/mol. The van der Waals surface area contributed by atoms with Crippen LogP contribution >= 0.6 is 0 Å². The van der Waals surface area contributed by atoms with Crippen molar-refractivity contribution in [3.8, 4) is 0 Å².